The Labute approximate surface area is 94.8 Å². The maximum Gasteiger partial charge on any atom is 0.136 e. The van der Waals surface area contributed by atoms with E-state index < -0.39 is 0 Å². The Morgan fingerprint density at radius 2 is 2.29 bits per heavy atom. The van der Waals surface area contributed by atoms with Crippen LogP contribution in [0, 0.1) is 0 Å². The number of ether oxygens (including phenoxy) is 1. The van der Waals surface area contributed by atoms with Crippen LogP contribution >= 0.6 is 27.5 Å². The smallest absolute Gasteiger partial charge is 0.136 e. The van der Waals surface area contributed by atoms with E-state index in [2.05, 4.69) is 20.9 Å². The van der Waals surface area contributed by atoms with Crippen LogP contribution in [0.15, 0.2) is 16.9 Å². The third-order valence-electron chi connectivity index (χ3n) is 2.09. The SMILES string of the molecule is COc1cc2c(ncn2C)c(Cl)c1Br. The monoisotopic (exact) mass is 274 g/mol. The van der Waals surface area contributed by atoms with Gasteiger partial charge < -0.3 is 9.30 Å². The molecule has 0 atom stereocenters. The first-order chi connectivity index (χ1) is 6.65. The molecule has 0 unspecified atom stereocenters. The quantitative estimate of drug-likeness (QED) is 0.800. The summed E-state index contributed by atoms with van der Waals surface area (Å²) in [6.07, 6.45) is 1.72. The molecule has 74 valence electrons. The Morgan fingerprint density at radius 1 is 1.57 bits per heavy atom. The zero-order valence-corrected chi connectivity index (χ0v) is 10.1. The molecule has 0 fully saturated rings. The van der Waals surface area contributed by atoms with Crippen molar-refractivity contribution in [1.82, 2.24) is 9.55 Å². The van der Waals surface area contributed by atoms with Gasteiger partial charge in [0.1, 0.15) is 11.3 Å². The lowest BCUT2D eigenvalue weighted by Crippen LogP contribution is -1.89. The number of halogens is 2. The van der Waals surface area contributed by atoms with E-state index in [1.807, 2.05) is 17.7 Å². The number of aryl methyl sites for hydroxylation is 1. The molecule has 0 aliphatic carbocycles. The molecule has 0 amide bonds. The number of imidazole rings is 1. The van der Waals surface area contributed by atoms with Crippen LogP contribution in [-0.2, 0) is 7.05 Å². The second-order valence-corrected chi connectivity index (χ2v) is 4.10. The van der Waals surface area contributed by atoms with Gasteiger partial charge in [0.05, 0.1) is 28.4 Å². The van der Waals surface area contributed by atoms with Crippen LogP contribution in [0.5, 0.6) is 5.75 Å². The first-order valence-corrected chi connectivity index (χ1v) is 5.15. The minimum Gasteiger partial charge on any atom is -0.495 e. The summed E-state index contributed by atoms with van der Waals surface area (Å²) in [5.74, 6) is 0.714. The van der Waals surface area contributed by atoms with E-state index in [-0.39, 0.29) is 0 Å². The summed E-state index contributed by atoms with van der Waals surface area (Å²) >= 11 is 9.49. The normalized spacial score (nSPS) is 10.9. The molecule has 0 radical (unpaired) electrons. The standard InChI is InChI=1S/C9H8BrClN2O/c1-13-4-12-9-5(13)3-6(14-2)7(10)8(9)11/h3-4H,1-2H3. The highest BCUT2D eigenvalue weighted by Gasteiger charge is 2.13. The zero-order valence-electron chi connectivity index (χ0n) is 7.71. The molecule has 2 rings (SSSR count). The molecule has 0 saturated carbocycles. The minimum absolute atomic E-state index is 0.583. The van der Waals surface area contributed by atoms with Crippen LogP contribution in [-0.4, -0.2) is 16.7 Å². The molecule has 0 aliphatic heterocycles. The maximum absolute atomic E-state index is 6.12. The molecule has 0 aliphatic rings. The number of nitrogens with zero attached hydrogens (tertiary/aromatic N) is 2. The lowest BCUT2D eigenvalue weighted by Gasteiger charge is -2.05. The van der Waals surface area contributed by atoms with E-state index in [1.165, 1.54) is 0 Å². The summed E-state index contributed by atoms with van der Waals surface area (Å²) in [6.45, 7) is 0. The van der Waals surface area contributed by atoms with Gasteiger partial charge >= 0.3 is 0 Å². The van der Waals surface area contributed by atoms with E-state index in [0.29, 0.717) is 10.8 Å². The largest absolute Gasteiger partial charge is 0.495 e. The summed E-state index contributed by atoms with van der Waals surface area (Å²) in [4.78, 5) is 4.20. The van der Waals surface area contributed by atoms with Gasteiger partial charge in [0.25, 0.3) is 0 Å². The van der Waals surface area contributed by atoms with E-state index in [9.17, 15) is 0 Å². The molecule has 5 heteroatoms. The predicted octanol–water partition coefficient (Wildman–Crippen LogP) is 3.00. The van der Waals surface area contributed by atoms with Gasteiger partial charge in [-0.3, -0.25) is 0 Å². The van der Waals surface area contributed by atoms with Crippen molar-refractivity contribution in [3.8, 4) is 5.75 Å². The van der Waals surface area contributed by atoms with Gasteiger partial charge in [-0.25, -0.2) is 4.98 Å². The molecular weight excluding hydrogens is 267 g/mol. The lowest BCUT2D eigenvalue weighted by molar-refractivity contribution is 0.412. The zero-order chi connectivity index (χ0) is 10.3. The van der Waals surface area contributed by atoms with Crippen LogP contribution in [0.3, 0.4) is 0 Å². The Kier molecular flexibility index (Phi) is 2.41. The second-order valence-electron chi connectivity index (χ2n) is 2.93. The number of hydrogen-bond acceptors (Lipinski definition) is 2. The highest BCUT2D eigenvalue weighted by atomic mass is 79.9. The van der Waals surface area contributed by atoms with Crippen molar-refractivity contribution in [3.05, 3.63) is 21.9 Å². The molecule has 14 heavy (non-hydrogen) atoms. The van der Waals surface area contributed by atoms with Crippen molar-refractivity contribution in [1.29, 1.82) is 0 Å². The molecule has 0 bridgehead atoms. The third-order valence-corrected chi connectivity index (χ3v) is 3.47. The topological polar surface area (TPSA) is 27.1 Å². The molecule has 0 N–H and O–H groups in total. The summed E-state index contributed by atoms with van der Waals surface area (Å²) < 4.78 is 7.83. The highest BCUT2D eigenvalue weighted by molar-refractivity contribution is 9.10. The van der Waals surface area contributed by atoms with Crippen LogP contribution in [0.1, 0.15) is 0 Å². The highest BCUT2D eigenvalue weighted by Crippen LogP contribution is 2.37. The van der Waals surface area contributed by atoms with Crippen molar-refractivity contribution in [3.63, 3.8) is 0 Å². The second kappa shape index (κ2) is 3.44. The van der Waals surface area contributed by atoms with Crippen molar-refractivity contribution >= 4 is 38.6 Å². The number of rotatable bonds is 1. The number of methoxy groups -OCH3 is 1. The van der Waals surface area contributed by atoms with Crippen molar-refractivity contribution < 1.29 is 4.74 Å². The number of hydrogen-bond donors (Lipinski definition) is 0. The van der Waals surface area contributed by atoms with Crippen molar-refractivity contribution in [2.75, 3.05) is 7.11 Å². The molecule has 0 saturated heterocycles. The van der Waals surface area contributed by atoms with Gasteiger partial charge in [0.2, 0.25) is 0 Å². The molecule has 0 spiro atoms. The summed E-state index contributed by atoms with van der Waals surface area (Å²) in [5, 5.41) is 0.583. The summed E-state index contributed by atoms with van der Waals surface area (Å²) in [7, 11) is 3.53. The number of aromatic nitrogens is 2. The Hall–Kier alpha value is -0.740. The first kappa shape index (κ1) is 9.80. The Balaban J connectivity index is 2.87. The average molecular weight is 276 g/mol. The Bertz CT molecular complexity index is 495. The van der Waals surface area contributed by atoms with Gasteiger partial charge in [-0.2, -0.15) is 0 Å². The lowest BCUT2D eigenvalue weighted by atomic mass is 10.3. The fraction of sp³-hybridized carbons (Fsp3) is 0.222. The average Bonchev–Trinajstić information content (AvgIpc) is 2.54. The van der Waals surface area contributed by atoms with Crippen LogP contribution < -0.4 is 4.74 Å². The van der Waals surface area contributed by atoms with Crippen LogP contribution in [0.25, 0.3) is 11.0 Å². The minimum atomic E-state index is 0.583. The first-order valence-electron chi connectivity index (χ1n) is 3.98. The van der Waals surface area contributed by atoms with E-state index in [4.69, 9.17) is 16.3 Å². The fourth-order valence-electron chi connectivity index (χ4n) is 1.33. The van der Waals surface area contributed by atoms with Crippen LogP contribution in [0.4, 0.5) is 0 Å². The van der Waals surface area contributed by atoms with Gasteiger partial charge in [-0.1, -0.05) is 11.6 Å². The van der Waals surface area contributed by atoms with Gasteiger partial charge in [-0.05, 0) is 15.9 Å². The van der Waals surface area contributed by atoms with Crippen molar-refractivity contribution in [2.45, 2.75) is 0 Å². The number of benzene rings is 1. The van der Waals surface area contributed by atoms with E-state index >= 15 is 0 Å². The molecule has 2 aromatic rings. The molecule has 3 nitrogen and oxygen atoms in total. The van der Waals surface area contributed by atoms with Gasteiger partial charge in [0.15, 0.2) is 0 Å². The summed E-state index contributed by atoms with van der Waals surface area (Å²) in [6, 6.07) is 1.90. The molecule has 1 aromatic heterocycles. The third kappa shape index (κ3) is 1.29. The fourth-order valence-corrected chi connectivity index (χ4v) is 2.03. The number of fused-ring (bicyclic) bond motifs is 1. The molecular formula is C9H8BrClN2O. The van der Waals surface area contributed by atoms with Gasteiger partial charge in [-0.15, -0.1) is 0 Å². The van der Waals surface area contributed by atoms with E-state index in [1.54, 1.807) is 13.4 Å². The maximum atomic E-state index is 6.12. The van der Waals surface area contributed by atoms with E-state index in [0.717, 1.165) is 15.5 Å². The van der Waals surface area contributed by atoms with Crippen molar-refractivity contribution in [2.24, 2.45) is 7.05 Å². The summed E-state index contributed by atoms with van der Waals surface area (Å²) in [5.41, 5.74) is 1.73. The predicted molar refractivity (Wildman–Crippen MR) is 60.0 cm³/mol. The molecule has 1 aromatic carbocycles. The molecule has 1 heterocycles. The Morgan fingerprint density at radius 3 is 2.93 bits per heavy atom. The van der Waals surface area contributed by atoms with Crippen LogP contribution in [0.2, 0.25) is 5.02 Å². The van der Waals surface area contributed by atoms with Gasteiger partial charge in [0, 0.05) is 13.1 Å².